The van der Waals surface area contributed by atoms with Gasteiger partial charge in [-0.15, -0.1) is 0 Å². The van der Waals surface area contributed by atoms with E-state index < -0.39 is 28.4 Å². The van der Waals surface area contributed by atoms with Crippen molar-refractivity contribution in [2.45, 2.75) is 70.1 Å². The monoisotopic (exact) mass is 387 g/mol. The fourth-order valence-corrected chi connectivity index (χ4v) is 3.21. The lowest BCUT2D eigenvalue weighted by molar-refractivity contribution is -0.384. The number of nitrogens with one attached hydrogen (secondary N) is 2. The summed E-state index contributed by atoms with van der Waals surface area (Å²) >= 11 is 0. The van der Waals surface area contributed by atoms with Gasteiger partial charge < -0.3 is 10.6 Å². The summed E-state index contributed by atoms with van der Waals surface area (Å²) in [6, 6.07) is 1.47. The molecule has 27 heavy (non-hydrogen) atoms. The van der Waals surface area contributed by atoms with Crippen LogP contribution in [0.4, 0.5) is 24.5 Å². The number of hydrogen-bond donors (Lipinski definition) is 2. The lowest BCUT2D eigenvalue weighted by Gasteiger charge is -2.23. The predicted molar refractivity (Wildman–Crippen MR) is 95.4 cm³/mol. The van der Waals surface area contributed by atoms with Gasteiger partial charge in [0.2, 0.25) is 5.91 Å². The summed E-state index contributed by atoms with van der Waals surface area (Å²) in [4.78, 5) is 22.6. The Kier molecular flexibility index (Phi) is 7.04. The summed E-state index contributed by atoms with van der Waals surface area (Å²) in [7, 11) is 0. The van der Waals surface area contributed by atoms with Crippen LogP contribution in [0.5, 0.6) is 0 Å². The summed E-state index contributed by atoms with van der Waals surface area (Å²) in [6.45, 7) is 1.53. The highest BCUT2D eigenvalue weighted by Crippen LogP contribution is 2.35. The van der Waals surface area contributed by atoms with Gasteiger partial charge in [-0.3, -0.25) is 14.9 Å². The molecule has 150 valence electrons. The number of nitro groups is 1. The first-order valence-corrected chi connectivity index (χ1v) is 9.11. The highest BCUT2D eigenvalue weighted by Gasteiger charge is 2.33. The average molecular weight is 387 g/mol. The van der Waals surface area contributed by atoms with Gasteiger partial charge in [0, 0.05) is 12.1 Å². The Balaban J connectivity index is 2.06. The molecule has 1 aromatic carbocycles. The minimum Gasteiger partial charge on any atom is -0.368 e. The predicted octanol–water partition coefficient (Wildman–Crippen LogP) is 4.64. The molecule has 0 bridgehead atoms. The Labute approximate surface area is 155 Å². The molecule has 0 aliphatic heterocycles. The molecule has 2 N–H and O–H groups in total. The van der Waals surface area contributed by atoms with Gasteiger partial charge in [-0.05, 0) is 31.9 Å². The molecule has 1 aromatic rings. The first kappa shape index (κ1) is 21.0. The minimum atomic E-state index is -4.68. The molecular weight excluding hydrogens is 363 g/mol. The van der Waals surface area contributed by atoms with E-state index in [1.54, 1.807) is 0 Å². The van der Waals surface area contributed by atoms with Crippen LogP contribution in [0.25, 0.3) is 0 Å². The van der Waals surface area contributed by atoms with Gasteiger partial charge in [-0.25, -0.2) is 0 Å². The van der Waals surface area contributed by atoms with Crippen molar-refractivity contribution in [1.29, 1.82) is 0 Å². The number of nitrogens with zero attached hydrogens (tertiary/aromatic N) is 1. The van der Waals surface area contributed by atoms with Crippen LogP contribution in [0.2, 0.25) is 0 Å². The zero-order chi connectivity index (χ0) is 20.0. The normalized spacial score (nSPS) is 17.5. The molecule has 0 spiro atoms. The quantitative estimate of drug-likeness (QED) is 0.569. The fraction of sp³-hybridized carbons (Fsp3) is 0.611. The third kappa shape index (κ3) is 6.11. The Hall–Kier alpha value is -2.32. The van der Waals surface area contributed by atoms with E-state index in [0.29, 0.717) is 6.07 Å². The lowest BCUT2D eigenvalue weighted by atomic mass is 9.96. The van der Waals surface area contributed by atoms with Crippen LogP contribution in [0.15, 0.2) is 18.2 Å². The molecule has 6 nitrogen and oxygen atoms in total. The Morgan fingerprint density at radius 1 is 1.19 bits per heavy atom. The number of anilines is 1. The van der Waals surface area contributed by atoms with Crippen molar-refractivity contribution in [1.82, 2.24) is 5.32 Å². The van der Waals surface area contributed by atoms with Crippen molar-refractivity contribution < 1.29 is 22.9 Å². The van der Waals surface area contributed by atoms with Crippen LogP contribution >= 0.6 is 0 Å². The van der Waals surface area contributed by atoms with E-state index in [-0.39, 0.29) is 17.6 Å². The van der Waals surface area contributed by atoms with E-state index in [2.05, 4.69) is 10.6 Å². The zero-order valence-electron chi connectivity index (χ0n) is 15.1. The van der Waals surface area contributed by atoms with Gasteiger partial charge in [0.1, 0.15) is 11.7 Å². The molecule has 0 heterocycles. The molecule has 1 atom stereocenters. The molecule has 0 saturated heterocycles. The Bertz CT molecular complexity index is 672. The number of rotatable bonds is 5. The largest absolute Gasteiger partial charge is 0.416 e. The second-order valence-electron chi connectivity index (χ2n) is 6.90. The Morgan fingerprint density at radius 2 is 1.78 bits per heavy atom. The van der Waals surface area contributed by atoms with E-state index >= 15 is 0 Å². The summed E-state index contributed by atoms with van der Waals surface area (Å²) < 4.78 is 38.3. The van der Waals surface area contributed by atoms with E-state index in [9.17, 15) is 28.1 Å². The third-order valence-electron chi connectivity index (χ3n) is 4.74. The number of carbonyl (C=O) groups is 1. The van der Waals surface area contributed by atoms with Gasteiger partial charge >= 0.3 is 6.18 Å². The molecule has 1 aliphatic rings. The van der Waals surface area contributed by atoms with E-state index in [1.807, 2.05) is 0 Å². The zero-order valence-corrected chi connectivity index (χ0v) is 15.1. The molecule has 1 aliphatic carbocycles. The van der Waals surface area contributed by atoms with Crippen LogP contribution in [0.1, 0.15) is 57.4 Å². The number of hydrogen-bond acceptors (Lipinski definition) is 4. The molecule has 9 heteroatoms. The topological polar surface area (TPSA) is 84.3 Å². The number of carbonyl (C=O) groups excluding carboxylic acids is 1. The maximum atomic E-state index is 12.8. The van der Waals surface area contributed by atoms with Crippen LogP contribution in [-0.2, 0) is 11.0 Å². The molecule has 0 radical (unpaired) electrons. The lowest BCUT2D eigenvalue weighted by Crippen LogP contribution is -2.43. The van der Waals surface area contributed by atoms with Crippen molar-refractivity contribution in [2.24, 2.45) is 0 Å². The maximum Gasteiger partial charge on any atom is 0.416 e. The van der Waals surface area contributed by atoms with Gasteiger partial charge in [-0.1, -0.05) is 32.1 Å². The molecule has 2 rings (SSSR count). The van der Waals surface area contributed by atoms with Crippen molar-refractivity contribution in [3.63, 3.8) is 0 Å². The van der Waals surface area contributed by atoms with Crippen molar-refractivity contribution in [2.75, 3.05) is 5.32 Å². The number of alkyl halides is 3. The number of nitro benzene ring substituents is 1. The van der Waals surface area contributed by atoms with Gasteiger partial charge in [0.15, 0.2) is 0 Å². The highest BCUT2D eigenvalue weighted by atomic mass is 19.4. The molecule has 1 saturated carbocycles. The number of halogens is 3. The summed E-state index contributed by atoms with van der Waals surface area (Å²) in [5.74, 6) is -0.324. The van der Waals surface area contributed by atoms with Crippen molar-refractivity contribution in [3.8, 4) is 0 Å². The first-order valence-electron chi connectivity index (χ1n) is 9.11. The SMILES string of the molecule is C[C@H](Nc1ccc(C(F)(F)F)cc1[N+](=O)[O-])C(=O)NC1CCCCCCC1. The smallest absolute Gasteiger partial charge is 0.368 e. The minimum absolute atomic E-state index is 0.0599. The second-order valence-corrected chi connectivity index (χ2v) is 6.90. The van der Waals surface area contributed by atoms with Crippen LogP contribution in [0, 0.1) is 10.1 Å². The molecule has 0 unspecified atom stereocenters. The van der Waals surface area contributed by atoms with E-state index in [4.69, 9.17) is 0 Å². The van der Waals surface area contributed by atoms with E-state index in [0.717, 1.165) is 50.7 Å². The Morgan fingerprint density at radius 3 is 2.33 bits per heavy atom. The summed E-state index contributed by atoms with van der Waals surface area (Å²) in [6.07, 6.45) is 2.66. The second kappa shape index (κ2) is 9.05. The standard InChI is InChI=1S/C18H24F3N3O3/c1-12(17(25)23-14-7-5-3-2-4-6-8-14)22-15-10-9-13(18(19,20)21)11-16(15)24(26)27/h9-12,14,22H,2-8H2,1H3,(H,23,25)/t12-/m0/s1. The number of benzene rings is 1. The van der Waals surface area contributed by atoms with Gasteiger partial charge in [0.05, 0.1) is 10.5 Å². The molecular formula is C18H24F3N3O3. The van der Waals surface area contributed by atoms with Crippen LogP contribution in [-0.4, -0.2) is 22.9 Å². The van der Waals surface area contributed by atoms with Gasteiger partial charge in [-0.2, -0.15) is 13.2 Å². The van der Waals surface area contributed by atoms with Crippen LogP contribution in [0.3, 0.4) is 0 Å². The summed E-state index contributed by atoms with van der Waals surface area (Å²) in [5, 5.41) is 16.7. The molecule has 1 fully saturated rings. The maximum absolute atomic E-state index is 12.8. The first-order chi connectivity index (χ1) is 12.7. The summed E-state index contributed by atoms with van der Waals surface area (Å²) in [5.41, 5.74) is -1.94. The average Bonchev–Trinajstić information content (AvgIpc) is 2.56. The fourth-order valence-electron chi connectivity index (χ4n) is 3.21. The molecule has 1 amide bonds. The highest BCUT2D eigenvalue weighted by molar-refractivity contribution is 5.85. The third-order valence-corrected chi connectivity index (χ3v) is 4.74. The van der Waals surface area contributed by atoms with Crippen LogP contribution < -0.4 is 10.6 Å². The van der Waals surface area contributed by atoms with Crippen molar-refractivity contribution in [3.05, 3.63) is 33.9 Å². The van der Waals surface area contributed by atoms with Gasteiger partial charge in [0.25, 0.3) is 5.69 Å². The van der Waals surface area contributed by atoms with E-state index in [1.165, 1.54) is 13.3 Å². The molecule has 0 aromatic heterocycles. The number of amides is 1. The van der Waals surface area contributed by atoms with Crippen molar-refractivity contribution >= 4 is 17.3 Å².